The van der Waals surface area contributed by atoms with Crippen molar-refractivity contribution in [1.82, 2.24) is 4.90 Å². The second-order valence-corrected chi connectivity index (χ2v) is 7.45. The summed E-state index contributed by atoms with van der Waals surface area (Å²) in [6.45, 7) is 13.1. The first-order chi connectivity index (χ1) is 11.7. The van der Waals surface area contributed by atoms with Gasteiger partial charge in [-0.15, -0.1) is 11.8 Å². The van der Waals surface area contributed by atoms with Crippen molar-refractivity contribution in [3.63, 3.8) is 0 Å². The van der Waals surface area contributed by atoms with Crippen molar-refractivity contribution in [3.05, 3.63) is 42.1 Å². The topological polar surface area (TPSA) is 18.5 Å². The number of hydrogen-bond donors (Lipinski definition) is 1. The van der Waals surface area contributed by atoms with Crippen molar-refractivity contribution in [2.45, 2.75) is 43.9 Å². The highest BCUT2D eigenvalue weighted by Crippen LogP contribution is 2.42. The number of fused-ring (bicyclic) bond motifs is 2. The molecule has 0 fully saturated rings. The summed E-state index contributed by atoms with van der Waals surface area (Å²) >= 11 is 1.99. The van der Waals surface area contributed by atoms with Gasteiger partial charge in [0, 0.05) is 48.1 Å². The van der Waals surface area contributed by atoms with E-state index in [1.165, 1.54) is 22.0 Å². The molecule has 130 valence electrons. The van der Waals surface area contributed by atoms with Gasteiger partial charge in [-0.2, -0.15) is 0 Å². The van der Waals surface area contributed by atoms with Crippen molar-refractivity contribution < 1.29 is 0 Å². The van der Waals surface area contributed by atoms with Crippen LogP contribution in [0.1, 0.15) is 27.7 Å². The zero-order valence-electron chi connectivity index (χ0n) is 15.2. The van der Waals surface area contributed by atoms with Crippen molar-refractivity contribution in [2.24, 2.45) is 0 Å². The Morgan fingerprint density at radius 1 is 1.00 bits per heavy atom. The number of anilines is 2. The number of hydrogen-bond acceptors (Lipinski definition) is 4. The Hall–Kier alpha value is -1.55. The number of nitrogens with zero attached hydrogens (tertiary/aromatic N) is 2. The molecule has 0 radical (unpaired) electrons. The highest BCUT2D eigenvalue weighted by Gasteiger charge is 2.29. The summed E-state index contributed by atoms with van der Waals surface area (Å²) in [7, 11) is 0. The molecule has 1 aromatic rings. The fraction of sp³-hybridized carbons (Fsp3) is 0.500. The maximum absolute atomic E-state index is 3.71. The monoisotopic (exact) mass is 343 g/mol. The molecule has 2 aliphatic rings. The standard InChI is InChI=1S/C20H29N3S/c1-5-22(6-2)15-9-11-17-19(13-15)24-20-14-16(23(7-3)8-4)10-12-18(20)21-17/h9-14,17,19,21H,5-8H2,1-4H3. The summed E-state index contributed by atoms with van der Waals surface area (Å²) in [5, 5.41) is 4.17. The molecule has 3 nitrogen and oxygen atoms in total. The zero-order valence-corrected chi connectivity index (χ0v) is 16.1. The minimum atomic E-state index is 0.390. The molecular formula is C20H29N3S. The molecule has 24 heavy (non-hydrogen) atoms. The number of likely N-dealkylation sites (N-methyl/N-ethyl adjacent to an activating group) is 1. The number of thioether (sulfide) groups is 1. The summed E-state index contributed by atoms with van der Waals surface area (Å²) < 4.78 is 0. The Bertz CT molecular complexity index is 630. The second-order valence-electron chi connectivity index (χ2n) is 6.23. The van der Waals surface area contributed by atoms with E-state index in [0.717, 1.165) is 26.2 Å². The lowest BCUT2D eigenvalue weighted by atomic mass is 10.0. The highest BCUT2D eigenvalue weighted by molar-refractivity contribution is 8.00. The fourth-order valence-corrected chi connectivity index (χ4v) is 4.76. The minimum Gasteiger partial charge on any atom is -0.376 e. The van der Waals surface area contributed by atoms with E-state index in [-0.39, 0.29) is 0 Å². The lowest BCUT2D eigenvalue weighted by Crippen LogP contribution is -2.35. The molecule has 1 aliphatic heterocycles. The first kappa shape index (κ1) is 17.3. The molecule has 3 rings (SSSR count). The number of rotatable bonds is 6. The van der Waals surface area contributed by atoms with E-state index in [1.54, 1.807) is 0 Å². The van der Waals surface area contributed by atoms with Crippen molar-refractivity contribution in [2.75, 3.05) is 36.4 Å². The van der Waals surface area contributed by atoms with Gasteiger partial charge in [-0.25, -0.2) is 0 Å². The summed E-state index contributed by atoms with van der Waals surface area (Å²) in [6, 6.07) is 7.22. The quantitative estimate of drug-likeness (QED) is 0.814. The maximum Gasteiger partial charge on any atom is 0.0606 e. The van der Waals surface area contributed by atoms with E-state index in [2.05, 4.69) is 79.2 Å². The van der Waals surface area contributed by atoms with Gasteiger partial charge >= 0.3 is 0 Å². The van der Waals surface area contributed by atoms with E-state index in [9.17, 15) is 0 Å². The predicted octanol–water partition coefficient (Wildman–Crippen LogP) is 4.58. The van der Waals surface area contributed by atoms with Gasteiger partial charge in [0.05, 0.1) is 11.3 Å². The van der Waals surface area contributed by atoms with Crippen LogP contribution in [0.5, 0.6) is 0 Å². The molecule has 1 aliphatic carbocycles. The molecular weight excluding hydrogens is 314 g/mol. The largest absolute Gasteiger partial charge is 0.376 e. The minimum absolute atomic E-state index is 0.390. The summed E-state index contributed by atoms with van der Waals surface area (Å²) in [5.41, 5.74) is 3.95. The molecule has 0 bridgehead atoms. The van der Waals surface area contributed by atoms with Gasteiger partial charge in [0.1, 0.15) is 0 Å². The lowest BCUT2D eigenvalue weighted by molar-refractivity contribution is 0.391. The van der Waals surface area contributed by atoms with Crippen LogP contribution in [0.4, 0.5) is 11.4 Å². The van der Waals surface area contributed by atoms with Crippen LogP contribution in [-0.2, 0) is 0 Å². The molecule has 0 saturated carbocycles. The Labute approximate surface area is 150 Å². The average Bonchev–Trinajstić information content (AvgIpc) is 2.62. The van der Waals surface area contributed by atoms with Gasteiger partial charge in [0.2, 0.25) is 0 Å². The summed E-state index contributed by atoms with van der Waals surface area (Å²) in [6.07, 6.45) is 7.03. The third kappa shape index (κ3) is 3.30. The van der Waals surface area contributed by atoms with Gasteiger partial charge in [-0.3, -0.25) is 0 Å². The highest BCUT2D eigenvalue weighted by atomic mass is 32.2. The normalized spacial score (nSPS) is 21.4. The van der Waals surface area contributed by atoms with Crippen LogP contribution >= 0.6 is 11.8 Å². The zero-order chi connectivity index (χ0) is 17.1. The van der Waals surface area contributed by atoms with Crippen molar-refractivity contribution >= 4 is 23.1 Å². The molecule has 4 heteroatoms. The van der Waals surface area contributed by atoms with Crippen LogP contribution in [0.3, 0.4) is 0 Å². The number of allylic oxidation sites excluding steroid dienone is 1. The Balaban J connectivity index is 1.85. The molecule has 1 aromatic carbocycles. The maximum atomic E-state index is 3.71. The molecule has 0 spiro atoms. The van der Waals surface area contributed by atoms with Gasteiger partial charge in [-0.1, -0.05) is 6.08 Å². The molecule has 2 unspecified atom stereocenters. The van der Waals surface area contributed by atoms with Gasteiger partial charge < -0.3 is 15.1 Å². The molecule has 1 heterocycles. The van der Waals surface area contributed by atoms with Crippen LogP contribution < -0.4 is 10.2 Å². The fourth-order valence-electron chi connectivity index (χ4n) is 3.52. The smallest absolute Gasteiger partial charge is 0.0606 e. The lowest BCUT2D eigenvalue weighted by Gasteiger charge is -2.36. The van der Waals surface area contributed by atoms with Crippen LogP contribution in [0.15, 0.2) is 47.0 Å². The van der Waals surface area contributed by atoms with Crippen LogP contribution in [0, 0.1) is 0 Å². The SMILES string of the molecule is CCN(CC)C1=CC2Sc3cc(N(CC)CC)ccc3NC2C=C1. The molecule has 2 atom stereocenters. The van der Waals surface area contributed by atoms with Crippen LogP contribution in [-0.4, -0.2) is 42.4 Å². The summed E-state index contributed by atoms with van der Waals surface area (Å²) in [4.78, 5) is 6.20. The molecule has 0 saturated heterocycles. The van der Waals surface area contributed by atoms with Crippen LogP contribution in [0.25, 0.3) is 0 Å². The van der Waals surface area contributed by atoms with Crippen molar-refractivity contribution in [1.29, 1.82) is 0 Å². The van der Waals surface area contributed by atoms with E-state index in [0.29, 0.717) is 11.3 Å². The second kappa shape index (κ2) is 7.56. The predicted molar refractivity (Wildman–Crippen MR) is 107 cm³/mol. The Kier molecular flexibility index (Phi) is 5.44. The van der Waals surface area contributed by atoms with Crippen molar-refractivity contribution in [3.8, 4) is 0 Å². The van der Waals surface area contributed by atoms with E-state index in [1.807, 2.05) is 11.8 Å². The first-order valence-corrected chi connectivity index (χ1v) is 10.0. The Morgan fingerprint density at radius 2 is 1.71 bits per heavy atom. The van der Waals surface area contributed by atoms with E-state index >= 15 is 0 Å². The van der Waals surface area contributed by atoms with Gasteiger partial charge in [0.15, 0.2) is 0 Å². The van der Waals surface area contributed by atoms with E-state index in [4.69, 9.17) is 0 Å². The third-order valence-electron chi connectivity index (χ3n) is 4.97. The first-order valence-electron chi connectivity index (χ1n) is 9.17. The molecule has 0 aromatic heterocycles. The van der Waals surface area contributed by atoms with Crippen LogP contribution in [0.2, 0.25) is 0 Å². The molecule has 1 N–H and O–H groups in total. The third-order valence-corrected chi connectivity index (χ3v) is 6.26. The number of benzene rings is 1. The number of nitrogens with one attached hydrogen (secondary N) is 1. The van der Waals surface area contributed by atoms with Gasteiger partial charge in [-0.05, 0) is 58.0 Å². The molecule has 0 amide bonds. The summed E-state index contributed by atoms with van der Waals surface area (Å²) in [5.74, 6) is 0. The van der Waals surface area contributed by atoms with Gasteiger partial charge in [0.25, 0.3) is 0 Å². The average molecular weight is 344 g/mol. The van der Waals surface area contributed by atoms with E-state index < -0.39 is 0 Å². The Morgan fingerprint density at radius 3 is 2.38 bits per heavy atom.